The molecule has 0 bridgehead atoms. The molecule has 0 fully saturated rings. The quantitative estimate of drug-likeness (QED) is 0.0693. The maximum absolute atomic E-state index is 6.25. The summed E-state index contributed by atoms with van der Waals surface area (Å²) in [5, 5.41) is 3.81. The Labute approximate surface area is 377 Å². The zero-order valence-corrected chi connectivity index (χ0v) is 38.7. The summed E-state index contributed by atoms with van der Waals surface area (Å²) in [6.07, 6.45) is 0.799. The summed E-state index contributed by atoms with van der Waals surface area (Å²) in [4.78, 5) is 10.9. The molecule has 1 aliphatic heterocycles. The normalized spacial score (nSPS) is 12.7. The summed E-state index contributed by atoms with van der Waals surface area (Å²) >= 11 is 0. The van der Waals surface area contributed by atoms with Gasteiger partial charge in [0.2, 0.25) is 0 Å². The SMILES string of the molecule is CC1=C(C)N(C(C)C)[CH-]N1C(C)C.Cc1cc(Cc2ccccc2)c([N-][Si](c2ccccc2)(c2ccccc2)c2ccccc2)c(C(c2ccccc2)c2ccccc2)c1.[Co+2]. The van der Waals surface area contributed by atoms with E-state index < -0.39 is 8.24 Å². The summed E-state index contributed by atoms with van der Waals surface area (Å²) in [5.74, 6) is 0.0135. The second-order valence-electron chi connectivity index (χ2n) is 16.5. The van der Waals surface area contributed by atoms with Crippen LogP contribution in [0, 0.1) is 13.6 Å². The fourth-order valence-electron chi connectivity index (χ4n) is 8.65. The Morgan fingerprint density at radius 2 is 0.852 bits per heavy atom. The summed E-state index contributed by atoms with van der Waals surface area (Å²) in [5.41, 5.74) is 11.4. The molecule has 0 aromatic heterocycles. The first-order chi connectivity index (χ1) is 29.2. The standard InChI is InChI=1S/C45H38NSi.C11H21N2.Co/c1-35-32-39(34-36-20-8-2-9-21-36)45(43(33-35)44(37-22-10-3-11-23-37)38-24-12-4-13-25-38)46-47(40-26-14-5-15-27-40,41-28-16-6-17-29-41)42-30-18-7-19-31-42;1-8(2)12-7-13(9(3)4)11(6)10(12)5;/h2-33,44H,34H2,1H3;7-9H,1-6H3;/q2*-1;+2. The second kappa shape index (κ2) is 20.8. The van der Waals surface area contributed by atoms with E-state index in [1.165, 1.54) is 60.3 Å². The van der Waals surface area contributed by atoms with E-state index in [1.807, 2.05) is 0 Å². The zero-order valence-electron chi connectivity index (χ0n) is 36.7. The fraction of sp³-hybridized carbons (Fsp3) is 0.196. The van der Waals surface area contributed by atoms with Gasteiger partial charge >= 0.3 is 16.8 Å². The van der Waals surface area contributed by atoms with Gasteiger partial charge in [-0.05, 0) is 95.1 Å². The van der Waals surface area contributed by atoms with Crippen molar-refractivity contribution in [3.05, 3.63) is 251 Å². The minimum absolute atomic E-state index is 0. The molecule has 0 atom stereocenters. The molecule has 1 heterocycles. The van der Waals surface area contributed by atoms with Gasteiger partial charge in [0.25, 0.3) is 0 Å². The number of rotatable bonds is 12. The predicted molar refractivity (Wildman–Crippen MR) is 258 cm³/mol. The second-order valence-corrected chi connectivity index (χ2v) is 19.9. The number of hydrogen-bond donors (Lipinski definition) is 0. The molecule has 5 heteroatoms. The van der Waals surface area contributed by atoms with Gasteiger partial charge in [0.1, 0.15) is 0 Å². The minimum Gasteiger partial charge on any atom is -0.676 e. The van der Waals surface area contributed by atoms with Gasteiger partial charge in [0.05, 0.1) is 8.24 Å². The summed E-state index contributed by atoms with van der Waals surface area (Å²) < 4.78 is 0. The van der Waals surface area contributed by atoms with Crippen LogP contribution in [-0.4, -0.2) is 30.1 Å². The molecule has 0 saturated heterocycles. The zero-order chi connectivity index (χ0) is 42.1. The Morgan fingerprint density at radius 1 is 0.492 bits per heavy atom. The Hall–Kier alpha value is -5.60. The van der Waals surface area contributed by atoms with E-state index in [9.17, 15) is 0 Å². The number of benzene rings is 7. The Kier molecular flexibility index (Phi) is 15.3. The molecule has 8 rings (SSSR count). The molecule has 0 amide bonds. The van der Waals surface area contributed by atoms with Crippen LogP contribution in [0.1, 0.15) is 80.8 Å². The molecule has 7 aromatic rings. The van der Waals surface area contributed by atoms with Gasteiger partial charge in [-0.25, -0.2) is 0 Å². The van der Waals surface area contributed by atoms with Crippen LogP contribution in [-0.2, 0) is 23.2 Å². The van der Waals surface area contributed by atoms with Crippen LogP contribution < -0.4 is 15.6 Å². The summed E-state index contributed by atoms with van der Waals surface area (Å²) in [6, 6.07) is 71.6. The van der Waals surface area contributed by atoms with E-state index in [2.05, 4.69) is 259 Å². The smallest absolute Gasteiger partial charge is 0.676 e. The molecule has 0 aliphatic carbocycles. The molecule has 7 aromatic carbocycles. The van der Waals surface area contributed by atoms with Crippen molar-refractivity contribution in [2.45, 2.75) is 72.9 Å². The van der Waals surface area contributed by atoms with Crippen LogP contribution >= 0.6 is 0 Å². The monoisotopic (exact) mass is 860 g/mol. The van der Waals surface area contributed by atoms with Crippen LogP contribution in [0.15, 0.2) is 206 Å². The average molecular weight is 861 g/mol. The summed E-state index contributed by atoms with van der Waals surface area (Å²) in [7, 11) is -2.98. The Morgan fingerprint density at radius 3 is 1.21 bits per heavy atom. The molecule has 61 heavy (non-hydrogen) atoms. The van der Waals surface area contributed by atoms with Crippen molar-refractivity contribution in [2.24, 2.45) is 0 Å². The van der Waals surface area contributed by atoms with Gasteiger partial charge in [-0.3, -0.25) is 0 Å². The molecular formula is C56H59CoN3Si. The van der Waals surface area contributed by atoms with Crippen molar-refractivity contribution in [1.29, 1.82) is 0 Å². The molecule has 0 unspecified atom stereocenters. The van der Waals surface area contributed by atoms with E-state index in [-0.39, 0.29) is 22.7 Å². The van der Waals surface area contributed by atoms with Crippen molar-refractivity contribution < 1.29 is 16.8 Å². The molecule has 3 nitrogen and oxygen atoms in total. The van der Waals surface area contributed by atoms with Crippen LogP contribution in [0.2, 0.25) is 0 Å². The van der Waals surface area contributed by atoms with Crippen molar-refractivity contribution in [3.8, 4) is 0 Å². The topological polar surface area (TPSA) is 20.6 Å². The van der Waals surface area contributed by atoms with Crippen LogP contribution in [0.4, 0.5) is 5.69 Å². The number of nitrogens with zero attached hydrogens (tertiary/aromatic N) is 3. The largest absolute Gasteiger partial charge is 2.00 e. The van der Waals surface area contributed by atoms with Crippen molar-refractivity contribution in [2.75, 3.05) is 0 Å². The molecule has 0 N–H and O–H groups in total. The maximum atomic E-state index is 6.25. The maximum Gasteiger partial charge on any atom is 2.00 e. The van der Waals surface area contributed by atoms with Gasteiger partial charge in [0, 0.05) is 5.92 Å². The third-order valence-electron chi connectivity index (χ3n) is 11.7. The fourth-order valence-corrected chi connectivity index (χ4v) is 12.7. The van der Waals surface area contributed by atoms with Crippen molar-refractivity contribution >= 4 is 29.5 Å². The van der Waals surface area contributed by atoms with Gasteiger partial charge in [0.15, 0.2) is 0 Å². The number of aryl methyl sites for hydroxylation is 1. The average Bonchev–Trinajstić information content (AvgIpc) is 3.59. The molecule has 1 radical (unpaired) electrons. The first-order valence-electron chi connectivity index (χ1n) is 21.4. The van der Waals surface area contributed by atoms with Crippen LogP contribution in [0.25, 0.3) is 4.98 Å². The van der Waals surface area contributed by atoms with Gasteiger partial charge in [-0.2, -0.15) is 6.67 Å². The van der Waals surface area contributed by atoms with E-state index in [0.29, 0.717) is 12.1 Å². The van der Waals surface area contributed by atoms with E-state index in [4.69, 9.17) is 4.98 Å². The van der Waals surface area contributed by atoms with Gasteiger partial charge in [-0.1, -0.05) is 226 Å². The van der Waals surface area contributed by atoms with Gasteiger partial charge < -0.3 is 14.8 Å². The van der Waals surface area contributed by atoms with E-state index in [1.54, 1.807) is 0 Å². The first kappa shape index (κ1) is 44.9. The molecular weight excluding hydrogens is 802 g/mol. The van der Waals surface area contributed by atoms with Crippen LogP contribution in [0.3, 0.4) is 0 Å². The minimum atomic E-state index is -2.98. The molecule has 0 saturated carbocycles. The Bertz CT molecular complexity index is 2280. The van der Waals surface area contributed by atoms with E-state index in [0.717, 1.165) is 12.1 Å². The predicted octanol–water partition coefficient (Wildman–Crippen LogP) is 12.2. The summed E-state index contributed by atoms with van der Waals surface area (Å²) in [6.45, 7) is 17.7. The molecule has 0 spiro atoms. The third kappa shape index (κ3) is 10.1. The van der Waals surface area contributed by atoms with E-state index >= 15 is 0 Å². The first-order valence-corrected chi connectivity index (χ1v) is 23.4. The van der Waals surface area contributed by atoms with Crippen LogP contribution in [0.5, 0.6) is 0 Å². The number of allylic oxidation sites excluding steroid dienone is 2. The molecule has 311 valence electrons. The number of hydrogen-bond acceptors (Lipinski definition) is 2. The van der Waals surface area contributed by atoms with Crippen molar-refractivity contribution in [1.82, 2.24) is 9.80 Å². The third-order valence-corrected chi connectivity index (χ3v) is 15.8. The molecule has 1 aliphatic rings. The van der Waals surface area contributed by atoms with Gasteiger partial charge in [-0.15, -0.1) is 5.69 Å². The van der Waals surface area contributed by atoms with Crippen molar-refractivity contribution in [3.63, 3.8) is 0 Å². The Balaban J connectivity index is 0.000000382.